The third-order valence-electron chi connectivity index (χ3n) is 3.59. The second-order valence-corrected chi connectivity index (χ2v) is 6.45. The molecule has 21 heavy (non-hydrogen) atoms. The topological polar surface area (TPSA) is 17.8 Å². The molecule has 0 amide bonds. The lowest BCUT2D eigenvalue weighted by molar-refractivity contribution is 0.634. The van der Waals surface area contributed by atoms with Gasteiger partial charge in [0.1, 0.15) is 5.82 Å². The van der Waals surface area contributed by atoms with Crippen molar-refractivity contribution in [1.29, 1.82) is 0 Å². The number of hydrogen-bond acceptors (Lipinski definition) is 1. The fourth-order valence-corrected chi connectivity index (χ4v) is 3.43. The van der Waals surface area contributed by atoms with E-state index in [0.717, 1.165) is 31.9 Å². The maximum absolute atomic E-state index is 6.33. The Labute approximate surface area is 141 Å². The van der Waals surface area contributed by atoms with Gasteiger partial charge in [-0.15, -0.1) is 11.6 Å². The summed E-state index contributed by atoms with van der Waals surface area (Å²) in [6.07, 6.45) is 0. The minimum Gasteiger partial charge on any atom is -0.320 e. The highest BCUT2D eigenvalue weighted by atomic mass is 79.9. The molecule has 2 nitrogen and oxygen atoms in total. The summed E-state index contributed by atoms with van der Waals surface area (Å²) in [4.78, 5) is 4.63. The highest BCUT2D eigenvalue weighted by Crippen LogP contribution is 2.31. The zero-order valence-corrected chi connectivity index (χ0v) is 14.5. The van der Waals surface area contributed by atoms with Gasteiger partial charge in [0.25, 0.3) is 0 Å². The molecule has 0 radical (unpaired) electrons. The van der Waals surface area contributed by atoms with Crippen LogP contribution in [0.5, 0.6) is 0 Å². The molecule has 0 bridgehead atoms. The summed E-state index contributed by atoms with van der Waals surface area (Å²) in [6.45, 7) is 2.11. The van der Waals surface area contributed by atoms with Crippen molar-refractivity contribution in [3.8, 4) is 0 Å². The van der Waals surface area contributed by atoms with E-state index in [0.29, 0.717) is 5.88 Å². The zero-order valence-electron chi connectivity index (χ0n) is 11.4. The Morgan fingerprint density at radius 2 is 2.00 bits per heavy atom. The third-order valence-corrected chi connectivity index (χ3v) is 4.66. The number of fused-ring (bicyclic) bond motifs is 1. The predicted octanol–water partition coefficient (Wildman–Crippen LogP) is 5.80. The minimum atomic E-state index is 0.0682. The van der Waals surface area contributed by atoms with Crippen molar-refractivity contribution in [1.82, 2.24) is 9.55 Å². The van der Waals surface area contributed by atoms with Crippen LogP contribution in [0.2, 0.25) is 5.02 Å². The van der Waals surface area contributed by atoms with Crippen LogP contribution in [0.3, 0.4) is 0 Å². The largest absolute Gasteiger partial charge is 0.320 e. The fraction of sp³-hybridized carbons (Fsp3) is 0.188. The molecule has 0 N–H and O–H groups in total. The number of benzene rings is 2. The molecule has 0 saturated carbocycles. The van der Waals surface area contributed by atoms with E-state index < -0.39 is 0 Å². The smallest absolute Gasteiger partial charge is 0.125 e. The molecular weight excluding hydrogens is 371 g/mol. The normalized spacial score (nSPS) is 12.8. The van der Waals surface area contributed by atoms with Gasteiger partial charge in [-0.25, -0.2) is 4.98 Å². The Bertz CT molecular complexity index is 798. The van der Waals surface area contributed by atoms with Gasteiger partial charge in [0.05, 0.1) is 23.0 Å². The van der Waals surface area contributed by atoms with Gasteiger partial charge in [-0.3, -0.25) is 0 Å². The highest BCUT2D eigenvalue weighted by molar-refractivity contribution is 9.10. The Hall–Kier alpha value is -1.03. The standard InChI is InChI=1S/C16H13BrCl2N2/c1-10(12-4-2-3-5-13(12)19)21-15-7-6-11(17)8-14(15)20-16(21)9-18/h2-8,10H,9H2,1H3. The molecular formula is C16H13BrCl2N2. The van der Waals surface area contributed by atoms with Gasteiger partial charge in [0.2, 0.25) is 0 Å². The van der Waals surface area contributed by atoms with Crippen molar-refractivity contribution < 1.29 is 0 Å². The molecule has 1 unspecified atom stereocenters. The van der Waals surface area contributed by atoms with Gasteiger partial charge < -0.3 is 4.57 Å². The van der Waals surface area contributed by atoms with Crippen molar-refractivity contribution in [2.75, 3.05) is 0 Å². The van der Waals surface area contributed by atoms with E-state index in [4.69, 9.17) is 23.2 Å². The van der Waals surface area contributed by atoms with E-state index in [1.807, 2.05) is 36.4 Å². The molecule has 2 aromatic carbocycles. The molecule has 0 fully saturated rings. The minimum absolute atomic E-state index is 0.0682. The molecule has 1 heterocycles. The van der Waals surface area contributed by atoms with Crippen LogP contribution in [0.4, 0.5) is 0 Å². The molecule has 3 aromatic rings. The average Bonchev–Trinajstić information content (AvgIpc) is 2.84. The fourth-order valence-electron chi connectivity index (χ4n) is 2.60. The second-order valence-electron chi connectivity index (χ2n) is 4.86. The van der Waals surface area contributed by atoms with Crippen LogP contribution < -0.4 is 0 Å². The summed E-state index contributed by atoms with van der Waals surface area (Å²) in [5.41, 5.74) is 3.05. The summed E-state index contributed by atoms with van der Waals surface area (Å²) >= 11 is 15.9. The lowest BCUT2D eigenvalue weighted by Gasteiger charge is -2.18. The highest BCUT2D eigenvalue weighted by Gasteiger charge is 2.18. The summed E-state index contributed by atoms with van der Waals surface area (Å²) < 4.78 is 3.15. The lowest BCUT2D eigenvalue weighted by atomic mass is 10.1. The second kappa shape index (κ2) is 5.99. The number of rotatable bonds is 3. The van der Waals surface area contributed by atoms with Crippen LogP contribution in [-0.4, -0.2) is 9.55 Å². The summed E-state index contributed by atoms with van der Waals surface area (Å²) in [5.74, 6) is 1.21. The molecule has 0 aliphatic rings. The first kappa shape index (κ1) is 14.9. The van der Waals surface area contributed by atoms with Gasteiger partial charge in [-0.2, -0.15) is 0 Å². The molecule has 0 spiro atoms. The van der Waals surface area contributed by atoms with Gasteiger partial charge in [-0.1, -0.05) is 45.7 Å². The summed E-state index contributed by atoms with van der Waals surface area (Å²) in [7, 11) is 0. The number of aromatic nitrogens is 2. The number of nitrogens with zero attached hydrogens (tertiary/aromatic N) is 2. The Morgan fingerprint density at radius 1 is 1.24 bits per heavy atom. The first-order chi connectivity index (χ1) is 10.1. The first-order valence-electron chi connectivity index (χ1n) is 6.58. The van der Waals surface area contributed by atoms with E-state index in [1.54, 1.807) is 0 Å². The maximum Gasteiger partial charge on any atom is 0.125 e. The van der Waals surface area contributed by atoms with Gasteiger partial charge in [-0.05, 0) is 36.8 Å². The number of alkyl halides is 1. The van der Waals surface area contributed by atoms with Gasteiger partial charge in [0, 0.05) is 9.50 Å². The number of imidazole rings is 1. The monoisotopic (exact) mass is 382 g/mol. The molecule has 5 heteroatoms. The van der Waals surface area contributed by atoms with Crippen molar-refractivity contribution in [3.05, 3.63) is 63.3 Å². The van der Waals surface area contributed by atoms with Crippen LogP contribution in [0.1, 0.15) is 24.4 Å². The lowest BCUT2D eigenvalue weighted by Crippen LogP contribution is -2.10. The van der Waals surface area contributed by atoms with Crippen molar-refractivity contribution in [2.24, 2.45) is 0 Å². The van der Waals surface area contributed by atoms with Gasteiger partial charge in [0.15, 0.2) is 0 Å². The van der Waals surface area contributed by atoms with Crippen molar-refractivity contribution in [3.63, 3.8) is 0 Å². The van der Waals surface area contributed by atoms with Crippen molar-refractivity contribution >= 4 is 50.2 Å². The van der Waals surface area contributed by atoms with E-state index >= 15 is 0 Å². The summed E-state index contributed by atoms with van der Waals surface area (Å²) in [5, 5.41) is 0.754. The Balaban J connectivity index is 2.21. The Morgan fingerprint density at radius 3 is 2.71 bits per heavy atom. The third kappa shape index (κ3) is 2.70. The van der Waals surface area contributed by atoms with Crippen LogP contribution in [0.25, 0.3) is 11.0 Å². The average molecular weight is 384 g/mol. The van der Waals surface area contributed by atoms with Crippen LogP contribution in [0.15, 0.2) is 46.9 Å². The maximum atomic E-state index is 6.33. The molecule has 108 valence electrons. The van der Waals surface area contributed by atoms with E-state index in [9.17, 15) is 0 Å². The predicted molar refractivity (Wildman–Crippen MR) is 92.3 cm³/mol. The van der Waals surface area contributed by atoms with E-state index in [2.05, 4.69) is 38.5 Å². The van der Waals surface area contributed by atoms with Crippen molar-refractivity contribution in [2.45, 2.75) is 18.8 Å². The van der Waals surface area contributed by atoms with Crippen LogP contribution >= 0.6 is 39.1 Å². The first-order valence-corrected chi connectivity index (χ1v) is 8.29. The molecule has 0 saturated heterocycles. The van der Waals surface area contributed by atoms with E-state index in [-0.39, 0.29) is 6.04 Å². The zero-order chi connectivity index (χ0) is 15.0. The van der Waals surface area contributed by atoms with Crippen LogP contribution in [-0.2, 0) is 5.88 Å². The SMILES string of the molecule is CC(c1ccccc1Cl)n1c(CCl)nc2cc(Br)ccc21. The van der Waals surface area contributed by atoms with Crippen LogP contribution in [0, 0.1) is 0 Å². The quantitative estimate of drug-likeness (QED) is 0.522. The van der Waals surface area contributed by atoms with E-state index in [1.165, 1.54) is 0 Å². The number of hydrogen-bond donors (Lipinski definition) is 0. The molecule has 0 aliphatic carbocycles. The van der Waals surface area contributed by atoms with Gasteiger partial charge >= 0.3 is 0 Å². The number of halogens is 3. The molecule has 0 aliphatic heterocycles. The molecule has 1 atom stereocenters. The Kier molecular flexibility index (Phi) is 4.25. The molecule has 1 aromatic heterocycles. The molecule has 3 rings (SSSR count). The summed E-state index contributed by atoms with van der Waals surface area (Å²) in [6, 6.07) is 14.0.